The maximum atomic E-state index is 13.5. The number of likely N-dealkylation sites (N-methyl/N-ethyl adjacent to an activating group) is 1. The molecular weight excluding hydrogens is 404 g/mol. The first-order chi connectivity index (χ1) is 15.4. The summed E-state index contributed by atoms with van der Waals surface area (Å²) in [5.74, 6) is 1.34. The zero-order valence-corrected chi connectivity index (χ0v) is 19.1. The van der Waals surface area contributed by atoms with Gasteiger partial charge in [0.2, 0.25) is 11.8 Å². The number of para-hydroxylation sites is 1. The van der Waals surface area contributed by atoms with E-state index >= 15 is 0 Å². The maximum Gasteiger partial charge on any atom is 0.245 e. The van der Waals surface area contributed by atoms with Gasteiger partial charge in [-0.3, -0.25) is 9.59 Å². The number of rotatable bonds is 7. The van der Waals surface area contributed by atoms with E-state index in [9.17, 15) is 9.59 Å². The molecule has 1 atom stereocenters. The van der Waals surface area contributed by atoms with Crippen molar-refractivity contribution in [1.29, 1.82) is 0 Å². The Morgan fingerprint density at radius 1 is 1.19 bits per heavy atom. The molecule has 3 aromatic rings. The highest BCUT2D eigenvalue weighted by Crippen LogP contribution is 2.20. The lowest BCUT2D eigenvalue weighted by atomic mass is 10.0. The SMILES string of the molecule is CC(C)C(=O)N[C@@H](Cc1c[nH]c2ccccc12)C(=O)N(C)Cc1nnc2n1CCCCC2. The Hall–Kier alpha value is -3.16. The summed E-state index contributed by atoms with van der Waals surface area (Å²) in [6.45, 7) is 4.92. The Morgan fingerprint density at radius 2 is 2.00 bits per heavy atom. The highest BCUT2D eigenvalue weighted by Gasteiger charge is 2.27. The summed E-state index contributed by atoms with van der Waals surface area (Å²) in [7, 11) is 1.77. The summed E-state index contributed by atoms with van der Waals surface area (Å²) < 4.78 is 2.15. The van der Waals surface area contributed by atoms with Crippen LogP contribution in [0.3, 0.4) is 0 Å². The van der Waals surface area contributed by atoms with Gasteiger partial charge in [0.05, 0.1) is 6.54 Å². The summed E-state index contributed by atoms with van der Waals surface area (Å²) in [6, 6.07) is 7.33. The molecule has 0 aliphatic carbocycles. The topological polar surface area (TPSA) is 95.9 Å². The number of aromatic amines is 1. The molecule has 0 spiro atoms. The molecular formula is C24H32N6O2. The highest BCUT2D eigenvalue weighted by molar-refractivity contribution is 5.90. The van der Waals surface area contributed by atoms with Gasteiger partial charge in [0.15, 0.2) is 5.82 Å². The number of nitrogens with one attached hydrogen (secondary N) is 2. The second-order valence-corrected chi connectivity index (χ2v) is 8.97. The Labute approximate surface area is 188 Å². The minimum Gasteiger partial charge on any atom is -0.361 e. The first kappa shape index (κ1) is 22.0. The first-order valence-electron chi connectivity index (χ1n) is 11.5. The van der Waals surface area contributed by atoms with Gasteiger partial charge in [-0.1, -0.05) is 38.5 Å². The lowest BCUT2D eigenvalue weighted by Crippen LogP contribution is -2.49. The molecule has 1 aliphatic rings. The normalized spacial score (nSPS) is 14.8. The molecule has 0 saturated heterocycles. The van der Waals surface area contributed by atoms with Gasteiger partial charge in [-0.05, 0) is 24.5 Å². The van der Waals surface area contributed by atoms with Crippen molar-refractivity contribution in [1.82, 2.24) is 30.0 Å². The van der Waals surface area contributed by atoms with Crippen LogP contribution in [-0.4, -0.2) is 49.6 Å². The number of amides is 2. The lowest BCUT2D eigenvalue weighted by molar-refractivity contribution is -0.136. The van der Waals surface area contributed by atoms with Crippen molar-refractivity contribution in [2.75, 3.05) is 7.05 Å². The van der Waals surface area contributed by atoms with Crippen molar-refractivity contribution in [3.63, 3.8) is 0 Å². The van der Waals surface area contributed by atoms with Crippen molar-refractivity contribution in [2.24, 2.45) is 5.92 Å². The van der Waals surface area contributed by atoms with E-state index in [1.54, 1.807) is 11.9 Å². The largest absolute Gasteiger partial charge is 0.361 e. The maximum absolute atomic E-state index is 13.5. The summed E-state index contributed by atoms with van der Waals surface area (Å²) >= 11 is 0. The van der Waals surface area contributed by atoms with Crippen LogP contribution in [-0.2, 0) is 35.5 Å². The number of benzene rings is 1. The van der Waals surface area contributed by atoms with Crippen LogP contribution >= 0.6 is 0 Å². The molecule has 32 heavy (non-hydrogen) atoms. The molecule has 2 aromatic heterocycles. The summed E-state index contributed by atoms with van der Waals surface area (Å²) in [6.07, 6.45) is 6.68. The van der Waals surface area contributed by atoms with Crippen LogP contribution in [0.15, 0.2) is 30.5 Å². The summed E-state index contributed by atoms with van der Waals surface area (Å²) in [5, 5.41) is 12.7. The van der Waals surface area contributed by atoms with Gasteiger partial charge in [0, 0.05) is 49.5 Å². The fraction of sp³-hybridized carbons (Fsp3) is 0.500. The van der Waals surface area contributed by atoms with Crippen LogP contribution < -0.4 is 5.32 Å². The lowest BCUT2D eigenvalue weighted by Gasteiger charge is -2.25. The Bertz CT molecular complexity index is 1100. The number of aryl methyl sites for hydroxylation is 1. The molecule has 8 heteroatoms. The van der Waals surface area contributed by atoms with E-state index in [0.29, 0.717) is 13.0 Å². The van der Waals surface area contributed by atoms with Gasteiger partial charge in [-0.25, -0.2) is 0 Å². The van der Waals surface area contributed by atoms with E-state index in [0.717, 1.165) is 53.9 Å². The number of carbonyl (C=O) groups is 2. The van der Waals surface area contributed by atoms with Gasteiger partial charge in [-0.2, -0.15) is 0 Å². The third-order valence-corrected chi connectivity index (χ3v) is 6.18. The van der Waals surface area contributed by atoms with E-state index in [-0.39, 0.29) is 17.7 Å². The Kier molecular flexibility index (Phi) is 6.58. The average molecular weight is 437 g/mol. The van der Waals surface area contributed by atoms with Crippen LogP contribution in [0.25, 0.3) is 10.9 Å². The van der Waals surface area contributed by atoms with Gasteiger partial charge in [0.25, 0.3) is 0 Å². The number of fused-ring (bicyclic) bond motifs is 2. The second kappa shape index (κ2) is 9.54. The minimum absolute atomic E-state index is 0.129. The van der Waals surface area contributed by atoms with Crippen molar-refractivity contribution >= 4 is 22.7 Å². The molecule has 1 aliphatic heterocycles. The summed E-state index contributed by atoms with van der Waals surface area (Å²) in [4.78, 5) is 30.9. The van der Waals surface area contributed by atoms with Crippen LogP contribution in [0.1, 0.15) is 50.3 Å². The summed E-state index contributed by atoms with van der Waals surface area (Å²) in [5.41, 5.74) is 2.02. The van der Waals surface area contributed by atoms with Crippen molar-refractivity contribution in [3.8, 4) is 0 Å². The zero-order chi connectivity index (χ0) is 22.7. The number of hydrogen-bond acceptors (Lipinski definition) is 4. The van der Waals surface area contributed by atoms with E-state index in [1.807, 2.05) is 44.3 Å². The molecule has 0 saturated carbocycles. The van der Waals surface area contributed by atoms with Crippen LogP contribution in [0.5, 0.6) is 0 Å². The predicted octanol–water partition coefficient (Wildman–Crippen LogP) is 2.83. The van der Waals surface area contributed by atoms with E-state index in [4.69, 9.17) is 0 Å². The highest BCUT2D eigenvalue weighted by atomic mass is 16.2. The van der Waals surface area contributed by atoms with Crippen LogP contribution in [0, 0.1) is 5.92 Å². The van der Waals surface area contributed by atoms with E-state index < -0.39 is 6.04 Å². The number of H-pyrrole nitrogens is 1. The van der Waals surface area contributed by atoms with Crippen molar-refractivity contribution < 1.29 is 9.59 Å². The molecule has 1 aromatic carbocycles. The van der Waals surface area contributed by atoms with Gasteiger partial charge in [0.1, 0.15) is 11.9 Å². The molecule has 8 nitrogen and oxygen atoms in total. The predicted molar refractivity (Wildman–Crippen MR) is 123 cm³/mol. The third kappa shape index (κ3) is 4.69. The third-order valence-electron chi connectivity index (χ3n) is 6.18. The molecule has 0 bridgehead atoms. The molecule has 0 radical (unpaired) electrons. The molecule has 4 rings (SSSR count). The average Bonchev–Trinajstić information content (AvgIpc) is 3.27. The smallest absolute Gasteiger partial charge is 0.245 e. The fourth-order valence-electron chi connectivity index (χ4n) is 4.28. The number of aromatic nitrogens is 4. The molecule has 0 unspecified atom stereocenters. The number of hydrogen-bond donors (Lipinski definition) is 2. The van der Waals surface area contributed by atoms with Gasteiger partial charge < -0.3 is 19.8 Å². The van der Waals surface area contributed by atoms with E-state index in [1.165, 1.54) is 6.42 Å². The van der Waals surface area contributed by atoms with E-state index in [2.05, 4.69) is 25.1 Å². The number of nitrogens with zero attached hydrogens (tertiary/aromatic N) is 4. The minimum atomic E-state index is -0.652. The van der Waals surface area contributed by atoms with Gasteiger partial charge >= 0.3 is 0 Å². The first-order valence-corrected chi connectivity index (χ1v) is 11.5. The Balaban J connectivity index is 1.54. The molecule has 0 fully saturated rings. The molecule has 2 amide bonds. The standard InChI is InChI=1S/C24H32N6O2/c1-16(2)23(31)26-20(13-17-14-25-19-10-7-6-9-18(17)19)24(32)29(3)15-22-28-27-21-11-5-4-8-12-30(21)22/h6-7,9-10,14,16,20,25H,4-5,8,11-13,15H2,1-3H3,(H,26,31)/t20-/m0/s1. The quantitative estimate of drug-likeness (QED) is 0.595. The van der Waals surface area contributed by atoms with Crippen LogP contribution in [0.4, 0.5) is 0 Å². The van der Waals surface area contributed by atoms with Crippen molar-refractivity contribution in [3.05, 3.63) is 47.7 Å². The zero-order valence-electron chi connectivity index (χ0n) is 19.1. The molecule has 170 valence electrons. The number of carbonyl (C=O) groups excluding carboxylic acids is 2. The Morgan fingerprint density at radius 3 is 2.81 bits per heavy atom. The monoisotopic (exact) mass is 436 g/mol. The van der Waals surface area contributed by atoms with Crippen LogP contribution in [0.2, 0.25) is 0 Å². The fourth-order valence-corrected chi connectivity index (χ4v) is 4.28. The molecule has 3 heterocycles. The molecule has 2 N–H and O–H groups in total. The second-order valence-electron chi connectivity index (χ2n) is 8.97. The van der Waals surface area contributed by atoms with Crippen molar-refractivity contribution in [2.45, 2.75) is 65.1 Å². The van der Waals surface area contributed by atoms with Gasteiger partial charge in [-0.15, -0.1) is 10.2 Å².